The van der Waals surface area contributed by atoms with E-state index in [9.17, 15) is 4.79 Å². The first kappa shape index (κ1) is 20.1. The number of rotatable bonds is 6. The van der Waals surface area contributed by atoms with Crippen LogP contribution in [-0.4, -0.2) is 53.4 Å². The summed E-state index contributed by atoms with van der Waals surface area (Å²) < 4.78 is 7.59. The molecule has 4 rings (SSSR count). The highest BCUT2D eigenvalue weighted by molar-refractivity contribution is 9.10. The maximum Gasteiger partial charge on any atom is 0.417 e. The van der Waals surface area contributed by atoms with Gasteiger partial charge < -0.3 is 10.1 Å². The predicted octanol–water partition coefficient (Wildman–Crippen LogP) is 2.83. The molecule has 156 valence electrons. The fourth-order valence-corrected chi connectivity index (χ4v) is 3.26. The molecule has 30 heavy (non-hydrogen) atoms. The van der Waals surface area contributed by atoms with Gasteiger partial charge in [0.05, 0.1) is 17.8 Å². The molecule has 1 aliphatic rings. The number of carbonyl (C=O) groups is 1. The second-order valence-electron chi connectivity index (χ2n) is 6.80. The van der Waals surface area contributed by atoms with Gasteiger partial charge in [-0.15, -0.1) is 10.2 Å². The molecule has 11 nitrogen and oxygen atoms in total. The number of imidazole rings is 1. The average Bonchev–Trinajstić information content (AvgIpc) is 3.35. The largest absolute Gasteiger partial charge is 0.447 e. The smallest absolute Gasteiger partial charge is 0.417 e. The molecule has 1 fully saturated rings. The van der Waals surface area contributed by atoms with Crippen molar-refractivity contribution in [3.05, 3.63) is 40.8 Å². The Morgan fingerprint density at radius 1 is 1.30 bits per heavy atom. The van der Waals surface area contributed by atoms with Gasteiger partial charge in [-0.3, -0.25) is 4.57 Å². The minimum Gasteiger partial charge on any atom is -0.447 e. The van der Waals surface area contributed by atoms with E-state index in [2.05, 4.69) is 51.4 Å². The lowest BCUT2D eigenvalue weighted by atomic mass is 10.2. The average molecular weight is 474 g/mol. The minimum atomic E-state index is -0.444. The molecule has 1 amide bonds. The van der Waals surface area contributed by atoms with Crippen molar-refractivity contribution in [2.24, 2.45) is 0 Å². The van der Waals surface area contributed by atoms with E-state index in [-0.39, 0.29) is 18.0 Å². The van der Waals surface area contributed by atoms with Gasteiger partial charge in [0.2, 0.25) is 11.9 Å². The minimum absolute atomic E-state index is 0.0905. The van der Waals surface area contributed by atoms with Crippen LogP contribution in [0.5, 0.6) is 0 Å². The summed E-state index contributed by atoms with van der Waals surface area (Å²) in [5.41, 5.74) is 0.770. The standard InChI is InChI=1S/C18H20BrN9O2/c1-4-12-8-30-18(29)28(12)17-23-11(3)22-16(24-17)21-10(2)13-7-27(9-20-13)15-6-5-14(19)25-26-15/h5-7,9-10,12H,4,8H2,1-3H3,(H,21,22,23,24)/t10-,12-/m0/s1. The lowest BCUT2D eigenvalue weighted by Crippen LogP contribution is -2.34. The molecule has 0 unspecified atom stereocenters. The third-order valence-electron chi connectivity index (χ3n) is 4.66. The molecule has 0 saturated carbocycles. The van der Waals surface area contributed by atoms with E-state index in [1.807, 2.05) is 32.2 Å². The van der Waals surface area contributed by atoms with Crippen molar-refractivity contribution < 1.29 is 9.53 Å². The van der Waals surface area contributed by atoms with E-state index in [0.717, 1.165) is 12.1 Å². The molecule has 1 N–H and O–H groups in total. The van der Waals surface area contributed by atoms with Gasteiger partial charge in [-0.2, -0.15) is 15.0 Å². The number of aromatic nitrogens is 7. The van der Waals surface area contributed by atoms with Crippen molar-refractivity contribution in [1.29, 1.82) is 0 Å². The van der Waals surface area contributed by atoms with E-state index in [1.54, 1.807) is 17.8 Å². The maximum atomic E-state index is 12.1. The zero-order valence-electron chi connectivity index (χ0n) is 16.7. The van der Waals surface area contributed by atoms with Gasteiger partial charge in [-0.05, 0) is 48.3 Å². The van der Waals surface area contributed by atoms with E-state index in [0.29, 0.717) is 28.8 Å². The van der Waals surface area contributed by atoms with Crippen LogP contribution in [0.1, 0.15) is 37.8 Å². The first-order chi connectivity index (χ1) is 14.4. The normalized spacial score (nSPS) is 17.1. The van der Waals surface area contributed by atoms with Gasteiger partial charge in [-0.25, -0.2) is 14.7 Å². The first-order valence-corrected chi connectivity index (χ1v) is 10.2. The van der Waals surface area contributed by atoms with Crippen LogP contribution >= 0.6 is 15.9 Å². The summed E-state index contributed by atoms with van der Waals surface area (Å²) in [5.74, 6) is 1.79. The monoisotopic (exact) mass is 473 g/mol. The topological polar surface area (TPSA) is 124 Å². The van der Waals surface area contributed by atoms with Crippen molar-refractivity contribution in [3.63, 3.8) is 0 Å². The summed E-state index contributed by atoms with van der Waals surface area (Å²) in [5, 5.41) is 11.3. The number of ether oxygens (including phenoxy) is 1. The zero-order valence-corrected chi connectivity index (χ0v) is 18.2. The van der Waals surface area contributed by atoms with Gasteiger partial charge in [0.25, 0.3) is 0 Å². The molecule has 1 aliphatic heterocycles. The second-order valence-corrected chi connectivity index (χ2v) is 7.61. The Morgan fingerprint density at radius 3 is 2.87 bits per heavy atom. The molecule has 0 spiro atoms. The molecule has 3 aromatic rings. The van der Waals surface area contributed by atoms with Crippen molar-refractivity contribution in [2.75, 3.05) is 16.8 Å². The Bertz CT molecular complexity index is 1060. The Morgan fingerprint density at radius 2 is 2.13 bits per heavy atom. The molecular weight excluding hydrogens is 454 g/mol. The summed E-state index contributed by atoms with van der Waals surface area (Å²) in [7, 11) is 0. The number of hydrogen-bond donors (Lipinski definition) is 1. The van der Waals surface area contributed by atoms with Gasteiger partial charge >= 0.3 is 6.09 Å². The summed E-state index contributed by atoms with van der Waals surface area (Å²) in [4.78, 5) is 31.1. The quantitative estimate of drug-likeness (QED) is 0.574. The maximum absolute atomic E-state index is 12.1. The molecular formula is C18H20BrN9O2. The molecule has 0 bridgehead atoms. The fourth-order valence-electron chi connectivity index (χ4n) is 3.05. The number of hydrogen-bond acceptors (Lipinski definition) is 9. The van der Waals surface area contributed by atoms with Gasteiger partial charge in [0.1, 0.15) is 23.4 Å². The van der Waals surface area contributed by atoms with Gasteiger partial charge in [0.15, 0.2) is 5.82 Å². The van der Waals surface area contributed by atoms with Crippen molar-refractivity contribution in [2.45, 2.75) is 39.3 Å². The highest BCUT2D eigenvalue weighted by Crippen LogP contribution is 2.23. The summed E-state index contributed by atoms with van der Waals surface area (Å²) in [6.45, 7) is 6.01. The highest BCUT2D eigenvalue weighted by Gasteiger charge is 2.35. The van der Waals surface area contributed by atoms with Crippen LogP contribution in [0.3, 0.4) is 0 Å². The molecule has 2 atom stereocenters. The number of amides is 1. The Labute approximate surface area is 181 Å². The van der Waals surface area contributed by atoms with Gasteiger partial charge in [-0.1, -0.05) is 6.92 Å². The predicted molar refractivity (Wildman–Crippen MR) is 111 cm³/mol. The Kier molecular flexibility index (Phi) is 5.57. The van der Waals surface area contributed by atoms with Crippen LogP contribution in [-0.2, 0) is 4.74 Å². The fraction of sp³-hybridized carbons (Fsp3) is 0.389. The number of cyclic esters (lactones) is 1. The van der Waals surface area contributed by atoms with Crippen LogP contribution in [0.4, 0.5) is 16.7 Å². The molecule has 12 heteroatoms. The van der Waals surface area contributed by atoms with E-state index >= 15 is 0 Å². The number of carbonyl (C=O) groups excluding carboxylic acids is 1. The number of nitrogens with zero attached hydrogens (tertiary/aromatic N) is 8. The van der Waals surface area contributed by atoms with Crippen molar-refractivity contribution >= 4 is 33.9 Å². The molecule has 0 aromatic carbocycles. The summed E-state index contributed by atoms with van der Waals surface area (Å²) in [6.07, 6.45) is 3.82. The molecule has 4 heterocycles. The van der Waals surface area contributed by atoms with E-state index < -0.39 is 6.09 Å². The third kappa shape index (κ3) is 4.08. The van der Waals surface area contributed by atoms with E-state index in [1.165, 1.54) is 4.90 Å². The number of halogens is 1. The second kappa shape index (κ2) is 8.30. The molecule has 0 radical (unpaired) electrons. The van der Waals surface area contributed by atoms with Crippen molar-refractivity contribution in [1.82, 2.24) is 34.7 Å². The van der Waals surface area contributed by atoms with Crippen LogP contribution in [0.25, 0.3) is 5.82 Å². The number of aryl methyl sites for hydroxylation is 1. The lowest BCUT2D eigenvalue weighted by Gasteiger charge is -2.19. The van der Waals surface area contributed by atoms with E-state index in [4.69, 9.17) is 4.74 Å². The Balaban J connectivity index is 1.54. The Hall–Kier alpha value is -3.15. The third-order valence-corrected chi connectivity index (χ3v) is 5.08. The summed E-state index contributed by atoms with van der Waals surface area (Å²) in [6, 6.07) is 3.36. The zero-order chi connectivity index (χ0) is 21.3. The van der Waals surface area contributed by atoms with Crippen LogP contribution in [0, 0.1) is 6.92 Å². The van der Waals surface area contributed by atoms with Crippen molar-refractivity contribution in [3.8, 4) is 5.82 Å². The van der Waals surface area contributed by atoms with Gasteiger partial charge in [0, 0.05) is 6.20 Å². The van der Waals surface area contributed by atoms with Crippen LogP contribution in [0.2, 0.25) is 0 Å². The first-order valence-electron chi connectivity index (χ1n) is 9.43. The highest BCUT2D eigenvalue weighted by atomic mass is 79.9. The molecule has 1 saturated heterocycles. The van der Waals surface area contributed by atoms with Crippen LogP contribution in [0.15, 0.2) is 29.3 Å². The van der Waals surface area contributed by atoms with Crippen LogP contribution < -0.4 is 10.2 Å². The summed E-state index contributed by atoms with van der Waals surface area (Å²) >= 11 is 3.27. The number of nitrogens with one attached hydrogen (secondary N) is 1. The molecule has 3 aromatic heterocycles. The lowest BCUT2D eigenvalue weighted by molar-refractivity contribution is 0.178. The SMILES string of the molecule is CC[C@H]1COC(=O)N1c1nc(C)nc(N[C@@H](C)c2cn(-c3ccc(Br)nn3)cn2)n1. The molecule has 0 aliphatic carbocycles. The number of anilines is 2.